The molecule has 3 N–H and O–H groups in total. The Hall–Kier alpha value is -3.12. The number of hydrogen-bond acceptors (Lipinski definition) is 10. The zero-order chi connectivity index (χ0) is 22.4. The summed E-state index contributed by atoms with van der Waals surface area (Å²) in [6, 6.07) is 1.61. The van der Waals surface area contributed by atoms with Gasteiger partial charge in [-0.1, -0.05) is 0 Å². The Bertz CT molecular complexity index is 1160. The first kappa shape index (κ1) is 20.5. The Balaban J connectivity index is 1.30. The average molecular weight is 468 g/mol. The molecule has 12 heteroatoms. The largest absolute Gasteiger partial charge is 0.380 e. The lowest BCUT2D eigenvalue weighted by molar-refractivity contribution is -0.117. The van der Waals surface area contributed by atoms with Crippen LogP contribution in [0.15, 0.2) is 12.4 Å². The van der Waals surface area contributed by atoms with Gasteiger partial charge < -0.3 is 15.0 Å². The number of hydrogen-bond donors (Lipinski definition) is 3. The minimum Gasteiger partial charge on any atom is -0.380 e. The number of nitrogens with zero attached hydrogens (tertiary/aromatic N) is 6. The van der Waals surface area contributed by atoms with E-state index in [2.05, 4.69) is 36.3 Å². The number of aryl methyl sites for hydroxylation is 1. The van der Waals surface area contributed by atoms with Gasteiger partial charge in [0.25, 0.3) is 0 Å². The van der Waals surface area contributed by atoms with E-state index in [1.165, 1.54) is 24.9 Å². The Morgan fingerprint density at radius 1 is 1.30 bits per heavy atom. The molecule has 172 valence electrons. The average Bonchev–Trinajstić information content (AvgIpc) is 3.28. The molecule has 6 rings (SSSR count). The summed E-state index contributed by atoms with van der Waals surface area (Å²) in [6.07, 6.45) is 7.18. The fraction of sp³-hybridized carbons (Fsp3) is 0.524. The minimum atomic E-state index is -0.460. The molecule has 3 aliphatic rings. The molecular formula is C21H25N9O2S. The minimum absolute atomic E-state index is 0.0872. The molecular weight excluding hydrogens is 442 g/mol. The lowest BCUT2D eigenvalue weighted by Gasteiger charge is -2.24. The van der Waals surface area contributed by atoms with Crippen molar-refractivity contribution in [2.45, 2.75) is 56.6 Å². The molecule has 3 aromatic rings. The third-order valence-electron chi connectivity index (χ3n) is 6.53. The highest BCUT2D eigenvalue weighted by Gasteiger charge is 2.39. The number of ether oxygens (including phenoxy) is 1. The first-order valence-corrected chi connectivity index (χ1v) is 12.0. The van der Waals surface area contributed by atoms with Crippen molar-refractivity contribution >= 4 is 40.2 Å². The Morgan fingerprint density at radius 3 is 3.00 bits per heavy atom. The number of fused-ring (bicyclic) bond motifs is 1. The molecule has 3 aromatic heterocycles. The Morgan fingerprint density at radius 2 is 2.21 bits per heavy atom. The molecule has 33 heavy (non-hydrogen) atoms. The van der Waals surface area contributed by atoms with Crippen LogP contribution in [0.25, 0.3) is 0 Å². The first-order chi connectivity index (χ1) is 16.2. The maximum Gasteiger partial charge on any atom is 0.249 e. The summed E-state index contributed by atoms with van der Waals surface area (Å²) in [5.41, 5.74) is 3.33. The molecule has 0 aromatic carbocycles. The summed E-state index contributed by atoms with van der Waals surface area (Å²) in [5.74, 6) is 2.50. The summed E-state index contributed by atoms with van der Waals surface area (Å²) in [4.78, 5) is 28.8. The quantitative estimate of drug-likeness (QED) is 0.479. The zero-order valence-electron chi connectivity index (χ0n) is 18.2. The van der Waals surface area contributed by atoms with E-state index in [1.807, 2.05) is 4.90 Å². The third-order valence-corrected chi connectivity index (χ3v) is 7.11. The predicted molar refractivity (Wildman–Crippen MR) is 123 cm³/mol. The zero-order valence-corrected chi connectivity index (χ0v) is 19.1. The molecule has 0 spiro atoms. The van der Waals surface area contributed by atoms with Crippen molar-refractivity contribution in [1.82, 2.24) is 29.5 Å². The number of H-pyrrole nitrogens is 1. The second-order valence-electron chi connectivity index (χ2n) is 8.76. The molecule has 0 radical (unpaired) electrons. The van der Waals surface area contributed by atoms with Gasteiger partial charge in [-0.05, 0) is 32.1 Å². The molecule has 1 saturated carbocycles. The van der Waals surface area contributed by atoms with Crippen LogP contribution in [0.2, 0.25) is 0 Å². The van der Waals surface area contributed by atoms with E-state index in [9.17, 15) is 4.79 Å². The van der Waals surface area contributed by atoms with E-state index in [0.29, 0.717) is 30.0 Å². The highest BCUT2D eigenvalue weighted by atomic mass is 32.1. The van der Waals surface area contributed by atoms with Gasteiger partial charge in [0.15, 0.2) is 5.82 Å². The van der Waals surface area contributed by atoms with Crippen LogP contribution in [0, 0.1) is 0 Å². The topological polar surface area (TPSA) is 134 Å². The number of aromatic nitrogens is 6. The van der Waals surface area contributed by atoms with Crippen LogP contribution in [0.5, 0.6) is 0 Å². The number of aromatic amines is 1. The fourth-order valence-corrected chi connectivity index (χ4v) is 5.07. The van der Waals surface area contributed by atoms with E-state index in [-0.39, 0.29) is 12.0 Å². The van der Waals surface area contributed by atoms with Crippen LogP contribution >= 0.6 is 11.5 Å². The standard InChI is InChI=1S/C21H25N9O2S/c1-32-12-7-16(19(31)27-21-22-10-23-33-21)30(9-12)20-24-14-4-2-3-13(14)18(26-20)25-17-8-15(28-29-17)11-5-6-11/h8,10-12,16H,2-7,9H2,1H3,(H,22,23,27,31)(H2,24,25,26,28,29)/t12-,16-/m1/s1. The van der Waals surface area contributed by atoms with Crippen molar-refractivity contribution in [2.24, 2.45) is 0 Å². The predicted octanol–water partition coefficient (Wildman–Crippen LogP) is 2.39. The highest BCUT2D eigenvalue weighted by Crippen LogP contribution is 2.40. The third kappa shape index (κ3) is 4.04. The SMILES string of the molecule is CO[C@@H]1C[C@H](C(=O)Nc2ncns2)N(c2nc3c(c(Nc4cc(C5CC5)[nH]n4)n2)CCC3)C1. The van der Waals surface area contributed by atoms with Crippen LogP contribution < -0.4 is 15.5 Å². The maximum atomic E-state index is 13.1. The Kier molecular flexibility index (Phi) is 5.18. The van der Waals surface area contributed by atoms with Gasteiger partial charge in [0.2, 0.25) is 17.0 Å². The molecule has 2 fully saturated rings. The maximum absolute atomic E-state index is 13.1. The van der Waals surface area contributed by atoms with Crippen LogP contribution in [0.3, 0.4) is 0 Å². The van der Waals surface area contributed by atoms with Crippen molar-refractivity contribution in [3.63, 3.8) is 0 Å². The number of carbonyl (C=O) groups is 1. The molecule has 4 heterocycles. The number of nitrogens with one attached hydrogen (secondary N) is 3. The summed E-state index contributed by atoms with van der Waals surface area (Å²) in [6.45, 7) is 0.539. The number of carbonyl (C=O) groups excluding carboxylic acids is 1. The van der Waals surface area contributed by atoms with Crippen molar-refractivity contribution in [1.29, 1.82) is 0 Å². The van der Waals surface area contributed by atoms with E-state index in [1.54, 1.807) is 7.11 Å². The number of methoxy groups -OCH3 is 1. The van der Waals surface area contributed by atoms with Crippen LogP contribution in [0.1, 0.15) is 48.6 Å². The van der Waals surface area contributed by atoms with E-state index in [4.69, 9.17) is 14.7 Å². The van der Waals surface area contributed by atoms with Crippen molar-refractivity contribution in [3.8, 4) is 0 Å². The molecule has 11 nitrogen and oxygen atoms in total. The van der Waals surface area contributed by atoms with Gasteiger partial charge in [0, 0.05) is 54.8 Å². The molecule has 0 bridgehead atoms. The van der Waals surface area contributed by atoms with E-state index in [0.717, 1.165) is 53.7 Å². The first-order valence-electron chi connectivity index (χ1n) is 11.3. The van der Waals surface area contributed by atoms with Crippen LogP contribution in [-0.4, -0.2) is 61.2 Å². The van der Waals surface area contributed by atoms with Gasteiger partial charge >= 0.3 is 0 Å². The number of amides is 1. The van der Waals surface area contributed by atoms with Crippen molar-refractivity contribution in [2.75, 3.05) is 29.2 Å². The second kappa shape index (κ2) is 8.34. The lowest BCUT2D eigenvalue weighted by Crippen LogP contribution is -2.40. The summed E-state index contributed by atoms with van der Waals surface area (Å²) >= 11 is 1.15. The van der Waals surface area contributed by atoms with Crippen molar-refractivity contribution in [3.05, 3.63) is 29.3 Å². The molecule has 1 aliphatic heterocycles. The molecule has 2 atom stereocenters. The van der Waals surface area contributed by atoms with E-state index < -0.39 is 6.04 Å². The summed E-state index contributed by atoms with van der Waals surface area (Å²) in [5, 5.41) is 14.3. The van der Waals surface area contributed by atoms with Gasteiger partial charge in [-0.3, -0.25) is 15.2 Å². The number of rotatable bonds is 7. The molecule has 0 unspecified atom stereocenters. The molecule has 1 saturated heterocycles. The van der Waals surface area contributed by atoms with Gasteiger partial charge in [-0.2, -0.15) is 14.5 Å². The number of anilines is 4. The summed E-state index contributed by atoms with van der Waals surface area (Å²) < 4.78 is 9.55. The lowest BCUT2D eigenvalue weighted by atomic mass is 10.2. The van der Waals surface area contributed by atoms with Gasteiger partial charge in [-0.25, -0.2) is 9.97 Å². The highest BCUT2D eigenvalue weighted by molar-refractivity contribution is 7.09. The fourth-order valence-electron chi connectivity index (χ4n) is 4.63. The van der Waals surface area contributed by atoms with Gasteiger partial charge in [-0.15, -0.1) is 0 Å². The van der Waals surface area contributed by atoms with Gasteiger partial charge in [0.05, 0.1) is 11.8 Å². The van der Waals surface area contributed by atoms with Crippen LogP contribution in [-0.2, 0) is 22.4 Å². The van der Waals surface area contributed by atoms with E-state index >= 15 is 0 Å². The van der Waals surface area contributed by atoms with Gasteiger partial charge in [0.1, 0.15) is 18.2 Å². The smallest absolute Gasteiger partial charge is 0.249 e. The molecule has 1 amide bonds. The Labute approximate surface area is 194 Å². The monoisotopic (exact) mass is 467 g/mol. The normalized spacial score (nSPS) is 21.9. The van der Waals surface area contributed by atoms with Crippen molar-refractivity contribution < 1.29 is 9.53 Å². The second-order valence-corrected chi connectivity index (χ2v) is 9.54. The van der Waals surface area contributed by atoms with Crippen LogP contribution in [0.4, 0.5) is 22.7 Å². The molecule has 2 aliphatic carbocycles. The summed E-state index contributed by atoms with van der Waals surface area (Å²) in [7, 11) is 1.67.